The molecule has 0 bridgehead atoms. The Morgan fingerprint density at radius 2 is 2.35 bits per heavy atom. The second-order valence-electron chi connectivity index (χ2n) is 3.58. The predicted molar refractivity (Wildman–Crippen MR) is 70.2 cm³/mol. The van der Waals surface area contributed by atoms with Gasteiger partial charge in [0.05, 0.1) is 5.02 Å². The molecule has 0 amide bonds. The van der Waals surface area contributed by atoms with Crippen LogP contribution in [0.25, 0.3) is 6.08 Å². The predicted octanol–water partition coefficient (Wildman–Crippen LogP) is 4.23. The fraction of sp³-hybridized carbons (Fsp3) is 0.286. The van der Waals surface area contributed by atoms with Crippen LogP contribution in [0.2, 0.25) is 5.02 Å². The Balaban J connectivity index is 2.88. The van der Waals surface area contributed by atoms with Gasteiger partial charge in [-0.1, -0.05) is 43.7 Å². The Morgan fingerprint density at radius 3 is 3.00 bits per heavy atom. The number of carbonyl (C=O) groups is 1. The van der Waals surface area contributed by atoms with Crippen LogP contribution in [-0.2, 0) is 4.79 Å². The minimum absolute atomic E-state index is 0.265. The van der Waals surface area contributed by atoms with E-state index >= 15 is 0 Å². The van der Waals surface area contributed by atoms with Gasteiger partial charge in [-0.3, -0.25) is 4.79 Å². The molecule has 0 aromatic heterocycles. The lowest BCUT2D eigenvalue weighted by atomic mass is 10.2. The highest BCUT2D eigenvalue weighted by Crippen LogP contribution is 2.29. The molecule has 0 spiro atoms. The van der Waals surface area contributed by atoms with Crippen molar-refractivity contribution in [3.05, 3.63) is 41.1 Å². The van der Waals surface area contributed by atoms with E-state index in [2.05, 4.69) is 12.3 Å². The second-order valence-corrected chi connectivity index (χ2v) is 3.99. The first-order chi connectivity index (χ1) is 8.19. The molecule has 1 aromatic carbocycles. The van der Waals surface area contributed by atoms with Crippen molar-refractivity contribution in [2.45, 2.75) is 26.2 Å². The SMILES string of the molecule is C=C=Cc1cccc(Cl)c1OC(=O)CCCC. The van der Waals surface area contributed by atoms with Crippen LogP contribution in [0.5, 0.6) is 5.75 Å². The minimum atomic E-state index is -0.265. The van der Waals surface area contributed by atoms with Crippen molar-refractivity contribution >= 4 is 23.6 Å². The molecule has 0 fully saturated rings. The van der Waals surface area contributed by atoms with Crippen LogP contribution >= 0.6 is 11.6 Å². The van der Waals surface area contributed by atoms with Crippen LogP contribution in [0.1, 0.15) is 31.7 Å². The van der Waals surface area contributed by atoms with Gasteiger partial charge in [-0.05, 0) is 18.6 Å². The second kappa shape index (κ2) is 6.95. The van der Waals surface area contributed by atoms with Gasteiger partial charge in [0.25, 0.3) is 0 Å². The van der Waals surface area contributed by atoms with Gasteiger partial charge in [0.15, 0.2) is 5.75 Å². The molecule has 0 N–H and O–H groups in total. The monoisotopic (exact) mass is 250 g/mol. The zero-order chi connectivity index (χ0) is 12.7. The Hall–Kier alpha value is -1.50. The van der Waals surface area contributed by atoms with Gasteiger partial charge in [-0.25, -0.2) is 0 Å². The molecule has 0 unspecified atom stereocenters. The summed E-state index contributed by atoms with van der Waals surface area (Å²) in [5.74, 6) is 0.116. The van der Waals surface area contributed by atoms with E-state index in [1.54, 1.807) is 24.3 Å². The van der Waals surface area contributed by atoms with Gasteiger partial charge in [0.2, 0.25) is 0 Å². The molecule has 2 nitrogen and oxygen atoms in total. The van der Waals surface area contributed by atoms with Crippen LogP contribution in [0, 0.1) is 0 Å². The number of esters is 1. The highest BCUT2D eigenvalue weighted by molar-refractivity contribution is 6.32. The van der Waals surface area contributed by atoms with Crippen LogP contribution in [-0.4, -0.2) is 5.97 Å². The molecule has 0 saturated carbocycles. The third-order valence-electron chi connectivity index (χ3n) is 2.21. The highest BCUT2D eigenvalue weighted by Gasteiger charge is 2.11. The summed E-state index contributed by atoms with van der Waals surface area (Å²) in [4.78, 5) is 11.5. The fourth-order valence-corrected chi connectivity index (χ4v) is 1.56. The van der Waals surface area contributed by atoms with E-state index in [1.165, 1.54) is 0 Å². The van der Waals surface area contributed by atoms with Crippen molar-refractivity contribution in [2.24, 2.45) is 0 Å². The third kappa shape index (κ3) is 4.10. The zero-order valence-electron chi connectivity index (χ0n) is 9.83. The van der Waals surface area contributed by atoms with Crippen molar-refractivity contribution < 1.29 is 9.53 Å². The van der Waals surface area contributed by atoms with Crippen molar-refractivity contribution in [3.8, 4) is 5.75 Å². The zero-order valence-corrected chi connectivity index (χ0v) is 10.6. The number of halogens is 1. The summed E-state index contributed by atoms with van der Waals surface area (Å²) in [6.45, 7) is 5.51. The first kappa shape index (κ1) is 13.6. The fourth-order valence-electron chi connectivity index (χ4n) is 1.34. The maximum Gasteiger partial charge on any atom is 0.311 e. The van der Waals surface area contributed by atoms with Crippen molar-refractivity contribution in [1.82, 2.24) is 0 Å². The Bertz CT molecular complexity index is 446. The lowest BCUT2D eigenvalue weighted by Gasteiger charge is -2.08. The lowest BCUT2D eigenvalue weighted by Crippen LogP contribution is -2.08. The van der Waals surface area contributed by atoms with Gasteiger partial charge >= 0.3 is 5.97 Å². The minimum Gasteiger partial charge on any atom is -0.424 e. The molecule has 0 aliphatic rings. The van der Waals surface area contributed by atoms with Crippen molar-refractivity contribution in [1.29, 1.82) is 0 Å². The Labute approximate surface area is 107 Å². The number of hydrogen-bond acceptors (Lipinski definition) is 2. The molecule has 0 aliphatic heterocycles. The molecule has 3 heteroatoms. The smallest absolute Gasteiger partial charge is 0.311 e. The summed E-state index contributed by atoms with van der Waals surface area (Å²) in [6.07, 6.45) is 3.81. The summed E-state index contributed by atoms with van der Waals surface area (Å²) in [7, 11) is 0. The topological polar surface area (TPSA) is 26.3 Å². The largest absolute Gasteiger partial charge is 0.424 e. The van der Waals surface area contributed by atoms with Gasteiger partial charge in [0, 0.05) is 12.0 Å². The maximum atomic E-state index is 11.5. The van der Waals surface area contributed by atoms with E-state index in [9.17, 15) is 4.79 Å². The molecule has 1 rings (SSSR count). The number of hydrogen-bond donors (Lipinski definition) is 0. The van der Waals surface area contributed by atoms with Gasteiger partial charge in [-0.2, -0.15) is 0 Å². The third-order valence-corrected chi connectivity index (χ3v) is 2.50. The standard InChI is InChI=1S/C14H15ClO2/c1-3-5-10-13(16)17-14-11(7-4-2)8-6-9-12(14)15/h6-9H,2-3,5,10H2,1H3. The summed E-state index contributed by atoms with van der Waals surface area (Å²) < 4.78 is 5.26. The van der Waals surface area contributed by atoms with E-state index in [0.29, 0.717) is 22.8 Å². The van der Waals surface area contributed by atoms with E-state index < -0.39 is 0 Å². The number of ether oxygens (including phenoxy) is 1. The molecule has 0 atom stereocenters. The van der Waals surface area contributed by atoms with E-state index in [4.69, 9.17) is 16.3 Å². The van der Waals surface area contributed by atoms with E-state index in [1.807, 2.05) is 6.92 Å². The average molecular weight is 251 g/mol. The van der Waals surface area contributed by atoms with Crippen LogP contribution in [0.3, 0.4) is 0 Å². The maximum absolute atomic E-state index is 11.5. The quantitative estimate of drug-likeness (QED) is 0.444. The molecular weight excluding hydrogens is 236 g/mol. The molecule has 1 aromatic rings. The normalized spacial score (nSPS) is 9.53. The van der Waals surface area contributed by atoms with Gasteiger partial charge in [-0.15, -0.1) is 5.73 Å². The molecule has 0 aliphatic carbocycles. The Kier molecular flexibility index (Phi) is 5.55. The summed E-state index contributed by atoms with van der Waals surface area (Å²) >= 11 is 6.00. The van der Waals surface area contributed by atoms with Crippen LogP contribution in [0.4, 0.5) is 0 Å². The molecule has 0 radical (unpaired) electrons. The number of benzene rings is 1. The van der Waals surface area contributed by atoms with Gasteiger partial charge in [0.1, 0.15) is 0 Å². The van der Waals surface area contributed by atoms with Crippen LogP contribution < -0.4 is 4.74 Å². The molecule has 0 saturated heterocycles. The lowest BCUT2D eigenvalue weighted by molar-refractivity contribution is -0.134. The van der Waals surface area contributed by atoms with Gasteiger partial charge < -0.3 is 4.74 Å². The number of rotatable bonds is 5. The summed E-state index contributed by atoms with van der Waals surface area (Å²) in [6, 6.07) is 5.27. The Morgan fingerprint density at radius 1 is 1.59 bits per heavy atom. The molecular formula is C14H15ClO2. The summed E-state index contributed by atoms with van der Waals surface area (Å²) in [5, 5.41) is 0.416. The van der Waals surface area contributed by atoms with E-state index in [0.717, 1.165) is 12.8 Å². The number of para-hydroxylation sites is 1. The van der Waals surface area contributed by atoms with Crippen LogP contribution in [0.15, 0.2) is 30.5 Å². The van der Waals surface area contributed by atoms with Crippen molar-refractivity contribution in [2.75, 3.05) is 0 Å². The highest BCUT2D eigenvalue weighted by atomic mass is 35.5. The molecule has 90 valence electrons. The number of unbranched alkanes of at least 4 members (excludes halogenated alkanes) is 1. The van der Waals surface area contributed by atoms with Crippen molar-refractivity contribution in [3.63, 3.8) is 0 Å². The first-order valence-corrected chi connectivity index (χ1v) is 5.91. The molecule has 17 heavy (non-hydrogen) atoms. The molecule has 0 heterocycles. The average Bonchev–Trinajstić information content (AvgIpc) is 2.31. The van der Waals surface area contributed by atoms with E-state index in [-0.39, 0.29) is 5.97 Å². The first-order valence-electron chi connectivity index (χ1n) is 5.54. The number of carbonyl (C=O) groups excluding carboxylic acids is 1. The summed E-state index contributed by atoms with van der Waals surface area (Å²) in [5.41, 5.74) is 3.35.